The van der Waals surface area contributed by atoms with E-state index in [0.717, 1.165) is 49.5 Å². The first kappa shape index (κ1) is 21.8. The molecule has 2 rings (SSSR count). The lowest BCUT2D eigenvalue weighted by atomic mass is 9.99. The number of anilines is 1. The number of nitrogens with zero attached hydrogens (tertiary/aromatic N) is 3. The largest absolute Gasteiger partial charge is 0.444 e. The van der Waals surface area contributed by atoms with E-state index >= 15 is 0 Å². The third kappa shape index (κ3) is 6.88. The maximum Gasteiger partial charge on any atom is 0.410 e. The summed E-state index contributed by atoms with van der Waals surface area (Å²) in [5.41, 5.74) is -0.436. The van der Waals surface area contributed by atoms with E-state index < -0.39 is 5.60 Å². The van der Waals surface area contributed by atoms with Gasteiger partial charge < -0.3 is 14.5 Å². The van der Waals surface area contributed by atoms with Crippen LogP contribution >= 0.6 is 11.9 Å². The first-order chi connectivity index (χ1) is 12.7. The van der Waals surface area contributed by atoms with Crippen molar-refractivity contribution in [2.75, 3.05) is 25.0 Å². The summed E-state index contributed by atoms with van der Waals surface area (Å²) in [4.78, 5) is 21.8. The number of aromatic nitrogens is 1. The van der Waals surface area contributed by atoms with Crippen molar-refractivity contribution in [3.63, 3.8) is 0 Å². The van der Waals surface area contributed by atoms with Gasteiger partial charge in [0.15, 0.2) is 0 Å². The Morgan fingerprint density at radius 2 is 2.15 bits per heavy atom. The van der Waals surface area contributed by atoms with Gasteiger partial charge in [-0.15, -0.1) is 0 Å². The Labute approximate surface area is 168 Å². The zero-order valence-corrected chi connectivity index (χ0v) is 18.1. The summed E-state index contributed by atoms with van der Waals surface area (Å²) < 4.78 is 5.53. The van der Waals surface area contributed by atoms with E-state index in [9.17, 15) is 4.79 Å². The van der Waals surface area contributed by atoms with Gasteiger partial charge in [-0.1, -0.05) is 6.42 Å². The monoisotopic (exact) mass is 394 g/mol. The highest BCUT2D eigenvalue weighted by Crippen LogP contribution is 2.28. The van der Waals surface area contributed by atoms with E-state index in [1.807, 2.05) is 44.0 Å². The first-order valence-corrected chi connectivity index (χ1v) is 10.6. The van der Waals surface area contributed by atoms with Crippen molar-refractivity contribution >= 4 is 23.9 Å². The summed E-state index contributed by atoms with van der Waals surface area (Å²) in [6.07, 6.45) is 6.11. The van der Waals surface area contributed by atoms with Crippen molar-refractivity contribution in [3.8, 4) is 0 Å². The molecule has 2 heterocycles. The topological polar surface area (TPSA) is 71.7 Å². The van der Waals surface area contributed by atoms with Crippen LogP contribution in [-0.4, -0.2) is 47.8 Å². The molecule has 2 unspecified atom stereocenters. The molecule has 1 aliphatic heterocycles. The van der Waals surface area contributed by atoms with E-state index in [-0.39, 0.29) is 12.1 Å². The molecule has 1 fully saturated rings. The van der Waals surface area contributed by atoms with Crippen molar-refractivity contribution in [2.24, 2.45) is 11.1 Å². The summed E-state index contributed by atoms with van der Waals surface area (Å²) in [5, 5.41) is 5.53. The van der Waals surface area contributed by atoms with Gasteiger partial charge in [0, 0.05) is 37.3 Å². The molecule has 0 saturated carbocycles. The number of hydrogen-bond donors (Lipinski definition) is 1. The number of carbonyl (C=O) groups is 1. The maximum absolute atomic E-state index is 12.3. The number of pyridine rings is 1. The maximum atomic E-state index is 12.3. The Bertz CT molecular complexity index is 603. The normalized spacial score (nSPS) is 20.0. The zero-order chi connectivity index (χ0) is 20.0. The van der Waals surface area contributed by atoms with Crippen LogP contribution in [0.25, 0.3) is 0 Å². The average molecular weight is 395 g/mol. The molecule has 7 heteroatoms. The predicted octanol–water partition coefficient (Wildman–Crippen LogP) is 4.30. The molecule has 1 aromatic rings. The third-order valence-electron chi connectivity index (χ3n) is 4.89. The molecule has 2 N–H and O–H groups in total. The highest BCUT2D eigenvalue weighted by molar-refractivity contribution is 7.97. The van der Waals surface area contributed by atoms with Gasteiger partial charge in [-0.05, 0) is 77.0 Å². The Hall–Kier alpha value is -1.47. The molecule has 1 saturated heterocycles. The Morgan fingerprint density at radius 3 is 2.74 bits per heavy atom. The van der Waals surface area contributed by atoms with E-state index in [2.05, 4.69) is 23.9 Å². The van der Waals surface area contributed by atoms with Crippen LogP contribution in [0.3, 0.4) is 0 Å². The number of hydrogen-bond acceptors (Lipinski definition) is 6. The van der Waals surface area contributed by atoms with Crippen LogP contribution in [0.2, 0.25) is 0 Å². The SMILES string of the molecule is CC1CC(CCCCN(C)c2ccc(SN)cn2)CN1C(=O)OC(C)(C)C. The Balaban J connectivity index is 1.70. The molecule has 2 atom stereocenters. The van der Waals surface area contributed by atoms with Crippen LogP contribution in [0, 0.1) is 5.92 Å². The van der Waals surface area contributed by atoms with Crippen LogP contribution in [0.4, 0.5) is 10.6 Å². The van der Waals surface area contributed by atoms with Gasteiger partial charge in [0.25, 0.3) is 0 Å². The molecule has 1 aromatic heterocycles. The highest BCUT2D eigenvalue weighted by atomic mass is 32.2. The average Bonchev–Trinajstić information content (AvgIpc) is 2.98. The predicted molar refractivity (Wildman–Crippen MR) is 112 cm³/mol. The van der Waals surface area contributed by atoms with Crippen molar-refractivity contribution in [3.05, 3.63) is 18.3 Å². The zero-order valence-electron chi connectivity index (χ0n) is 17.3. The summed E-state index contributed by atoms with van der Waals surface area (Å²) in [6, 6.07) is 4.26. The molecule has 6 nitrogen and oxygen atoms in total. The number of unbranched alkanes of at least 4 members (excludes halogenated alkanes) is 1. The van der Waals surface area contributed by atoms with Gasteiger partial charge in [0.1, 0.15) is 11.4 Å². The van der Waals surface area contributed by atoms with Crippen molar-refractivity contribution in [2.45, 2.75) is 69.9 Å². The number of nitrogens with two attached hydrogens (primary N) is 1. The Kier molecular flexibility index (Phi) is 7.79. The molecule has 0 aliphatic carbocycles. The fourth-order valence-electron chi connectivity index (χ4n) is 3.49. The highest BCUT2D eigenvalue weighted by Gasteiger charge is 2.34. The molecule has 1 amide bonds. The number of rotatable bonds is 7. The van der Waals surface area contributed by atoms with Gasteiger partial charge in [0.2, 0.25) is 0 Å². The minimum Gasteiger partial charge on any atom is -0.444 e. The third-order valence-corrected chi connectivity index (χ3v) is 5.41. The number of carbonyl (C=O) groups excluding carboxylic acids is 1. The molecular weight excluding hydrogens is 360 g/mol. The van der Waals surface area contributed by atoms with Gasteiger partial charge in [-0.2, -0.15) is 0 Å². The van der Waals surface area contributed by atoms with Crippen molar-refractivity contribution < 1.29 is 9.53 Å². The molecule has 1 aliphatic rings. The van der Waals surface area contributed by atoms with Gasteiger partial charge in [-0.3, -0.25) is 5.14 Å². The van der Waals surface area contributed by atoms with Crippen LogP contribution in [0.5, 0.6) is 0 Å². The van der Waals surface area contributed by atoms with Crippen LogP contribution in [0.1, 0.15) is 53.4 Å². The lowest BCUT2D eigenvalue weighted by Gasteiger charge is -2.27. The second-order valence-electron chi connectivity index (χ2n) is 8.47. The lowest BCUT2D eigenvalue weighted by molar-refractivity contribution is 0.0233. The van der Waals surface area contributed by atoms with Crippen LogP contribution in [-0.2, 0) is 4.74 Å². The second kappa shape index (κ2) is 9.64. The summed E-state index contributed by atoms with van der Waals surface area (Å²) in [6.45, 7) is 9.64. The Morgan fingerprint density at radius 1 is 1.41 bits per heavy atom. The van der Waals surface area contributed by atoms with Crippen molar-refractivity contribution in [1.82, 2.24) is 9.88 Å². The standard InChI is InChI=1S/C20H34N4O2S/c1-15-12-16(14-24(15)19(25)26-20(2,3)4)8-6-7-11-23(5)18-10-9-17(27-21)13-22-18/h9-10,13,15-16H,6-8,11-12,14,21H2,1-5H3. The van der Waals surface area contributed by atoms with Gasteiger partial charge in [-0.25, -0.2) is 9.78 Å². The molecule has 0 radical (unpaired) electrons. The van der Waals surface area contributed by atoms with E-state index in [4.69, 9.17) is 9.88 Å². The molecule has 0 bridgehead atoms. The molecular formula is C20H34N4O2S. The van der Waals surface area contributed by atoms with Gasteiger partial charge >= 0.3 is 6.09 Å². The number of likely N-dealkylation sites (tertiary alicyclic amines) is 1. The fraction of sp³-hybridized carbons (Fsp3) is 0.700. The fourth-order valence-corrected chi connectivity index (χ4v) is 3.75. The van der Waals surface area contributed by atoms with Crippen molar-refractivity contribution in [1.29, 1.82) is 0 Å². The lowest BCUT2D eigenvalue weighted by Crippen LogP contribution is -2.38. The summed E-state index contributed by atoms with van der Waals surface area (Å²) in [7, 11) is 2.07. The molecule has 0 aromatic carbocycles. The number of ether oxygens (including phenoxy) is 1. The van der Waals surface area contributed by atoms with Crippen LogP contribution < -0.4 is 10.0 Å². The molecule has 27 heavy (non-hydrogen) atoms. The smallest absolute Gasteiger partial charge is 0.410 e. The van der Waals surface area contributed by atoms with E-state index in [0.29, 0.717) is 5.92 Å². The van der Waals surface area contributed by atoms with E-state index in [1.165, 1.54) is 11.9 Å². The summed E-state index contributed by atoms with van der Waals surface area (Å²) >= 11 is 1.21. The quantitative estimate of drug-likeness (QED) is 0.549. The van der Waals surface area contributed by atoms with Crippen LogP contribution in [0.15, 0.2) is 23.2 Å². The minimum absolute atomic E-state index is 0.178. The molecule has 152 valence electrons. The molecule has 0 spiro atoms. The van der Waals surface area contributed by atoms with Gasteiger partial charge in [0.05, 0.1) is 0 Å². The summed E-state index contributed by atoms with van der Waals surface area (Å²) in [5.74, 6) is 1.54. The second-order valence-corrected chi connectivity index (χ2v) is 9.18. The first-order valence-electron chi connectivity index (χ1n) is 9.73. The minimum atomic E-state index is -0.436. The number of amides is 1. The van der Waals surface area contributed by atoms with E-state index in [1.54, 1.807) is 0 Å².